The maximum absolute atomic E-state index is 11.0. The molecule has 1 aromatic heterocycles. The molecule has 1 aromatic carbocycles. The van der Waals surface area contributed by atoms with E-state index in [9.17, 15) is 20.2 Å². The molecule has 2 aromatic rings. The van der Waals surface area contributed by atoms with Crippen molar-refractivity contribution in [1.82, 2.24) is 9.97 Å². The lowest BCUT2D eigenvalue weighted by Gasteiger charge is -2.10. The van der Waals surface area contributed by atoms with E-state index in [2.05, 4.69) is 9.97 Å². The highest BCUT2D eigenvalue weighted by molar-refractivity contribution is 5.77. The first-order chi connectivity index (χ1) is 10.5. The summed E-state index contributed by atoms with van der Waals surface area (Å²) in [6.07, 6.45) is 1.21. The number of ether oxygens (including phenoxy) is 2. The van der Waals surface area contributed by atoms with Crippen LogP contribution in [-0.2, 0) is 0 Å². The van der Waals surface area contributed by atoms with E-state index in [1.165, 1.54) is 26.6 Å². The standard InChI is InChI=1S/C12H10N4O6/c1-21-11-10(12(22-2)14-6-13-11)7-3-4-8(15(17)18)9(5-7)16(19)20/h3-6H,1-2H3. The Morgan fingerprint density at radius 2 is 1.50 bits per heavy atom. The highest BCUT2D eigenvalue weighted by Crippen LogP contribution is 2.39. The van der Waals surface area contributed by atoms with Crippen molar-refractivity contribution in [3.63, 3.8) is 0 Å². The van der Waals surface area contributed by atoms with Gasteiger partial charge in [0.2, 0.25) is 11.8 Å². The van der Waals surface area contributed by atoms with E-state index >= 15 is 0 Å². The van der Waals surface area contributed by atoms with E-state index < -0.39 is 21.2 Å². The van der Waals surface area contributed by atoms with Crippen molar-refractivity contribution in [2.75, 3.05) is 14.2 Å². The number of hydrogen-bond donors (Lipinski definition) is 0. The van der Waals surface area contributed by atoms with Crippen LogP contribution in [0.3, 0.4) is 0 Å². The van der Waals surface area contributed by atoms with E-state index in [4.69, 9.17) is 9.47 Å². The first-order valence-corrected chi connectivity index (χ1v) is 5.85. The van der Waals surface area contributed by atoms with Crippen molar-refractivity contribution in [2.24, 2.45) is 0 Å². The number of benzene rings is 1. The number of nitro benzene ring substituents is 2. The van der Waals surface area contributed by atoms with Gasteiger partial charge in [-0.05, 0) is 11.6 Å². The summed E-state index contributed by atoms with van der Waals surface area (Å²) >= 11 is 0. The monoisotopic (exact) mass is 306 g/mol. The van der Waals surface area contributed by atoms with Gasteiger partial charge >= 0.3 is 11.4 Å². The van der Waals surface area contributed by atoms with Crippen molar-refractivity contribution >= 4 is 11.4 Å². The average Bonchev–Trinajstić information content (AvgIpc) is 2.53. The third kappa shape index (κ3) is 2.61. The van der Waals surface area contributed by atoms with Crippen LogP contribution < -0.4 is 9.47 Å². The van der Waals surface area contributed by atoms with E-state index in [-0.39, 0.29) is 22.9 Å². The van der Waals surface area contributed by atoms with Gasteiger partial charge in [0.15, 0.2) is 0 Å². The van der Waals surface area contributed by atoms with Crippen LogP contribution in [0.2, 0.25) is 0 Å². The summed E-state index contributed by atoms with van der Waals surface area (Å²) < 4.78 is 10.2. The third-order valence-electron chi connectivity index (χ3n) is 2.82. The van der Waals surface area contributed by atoms with Crippen molar-refractivity contribution in [3.05, 3.63) is 44.8 Å². The summed E-state index contributed by atoms with van der Waals surface area (Å²) in [7, 11) is 2.73. The molecule has 10 nitrogen and oxygen atoms in total. The Balaban J connectivity index is 2.71. The Morgan fingerprint density at radius 1 is 0.955 bits per heavy atom. The minimum Gasteiger partial charge on any atom is -0.480 e. The number of nitro groups is 2. The molecular weight excluding hydrogens is 296 g/mol. The van der Waals surface area contributed by atoms with Crippen molar-refractivity contribution in [3.8, 4) is 22.9 Å². The molecule has 0 radical (unpaired) electrons. The second-order valence-corrected chi connectivity index (χ2v) is 3.98. The summed E-state index contributed by atoms with van der Waals surface area (Å²) in [6, 6.07) is 3.44. The Labute approximate surface area is 123 Å². The van der Waals surface area contributed by atoms with Gasteiger partial charge in [0.1, 0.15) is 11.9 Å². The predicted octanol–water partition coefficient (Wildman–Crippen LogP) is 1.98. The Kier molecular flexibility index (Phi) is 4.11. The highest BCUT2D eigenvalue weighted by atomic mass is 16.6. The van der Waals surface area contributed by atoms with Crippen LogP contribution in [-0.4, -0.2) is 34.0 Å². The first kappa shape index (κ1) is 15.1. The molecule has 0 atom stereocenters. The van der Waals surface area contributed by atoms with Crippen molar-refractivity contribution in [2.45, 2.75) is 0 Å². The fourth-order valence-corrected chi connectivity index (χ4v) is 1.89. The SMILES string of the molecule is COc1ncnc(OC)c1-c1ccc([N+](=O)[O-])c([N+](=O)[O-])c1. The fraction of sp³-hybridized carbons (Fsp3) is 0.167. The number of aromatic nitrogens is 2. The van der Waals surface area contributed by atoms with Crippen LogP contribution in [0.15, 0.2) is 24.5 Å². The van der Waals surface area contributed by atoms with Crippen molar-refractivity contribution < 1.29 is 19.3 Å². The van der Waals surface area contributed by atoms with Gasteiger partial charge in [0, 0.05) is 12.1 Å². The molecule has 22 heavy (non-hydrogen) atoms. The summed E-state index contributed by atoms with van der Waals surface area (Å²) in [5, 5.41) is 21.9. The van der Waals surface area contributed by atoms with Gasteiger partial charge in [-0.2, -0.15) is 0 Å². The second kappa shape index (κ2) is 5.99. The summed E-state index contributed by atoms with van der Waals surface area (Å²) in [4.78, 5) is 28.0. The second-order valence-electron chi connectivity index (χ2n) is 3.98. The molecule has 1 heterocycles. The molecule has 0 aliphatic carbocycles. The maximum atomic E-state index is 11.0. The Morgan fingerprint density at radius 3 is 1.95 bits per heavy atom. The summed E-state index contributed by atoms with van der Waals surface area (Å²) in [6.45, 7) is 0. The van der Waals surface area contributed by atoms with Gasteiger partial charge in [-0.3, -0.25) is 20.2 Å². The zero-order valence-electron chi connectivity index (χ0n) is 11.5. The Bertz CT molecular complexity index is 726. The molecule has 0 fully saturated rings. The third-order valence-corrected chi connectivity index (χ3v) is 2.82. The van der Waals surface area contributed by atoms with Crippen LogP contribution in [0.25, 0.3) is 11.1 Å². The van der Waals surface area contributed by atoms with Crippen LogP contribution in [0, 0.1) is 20.2 Å². The lowest BCUT2D eigenvalue weighted by Crippen LogP contribution is -2.00. The topological polar surface area (TPSA) is 131 Å². The zero-order chi connectivity index (χ0) is 16.3. The Hall–Kier alpha value is -3.30. The lowest BCUT2D eigenvalue weighted by atomic mass is 10.1. The maximum Gasteiger partial charge on any atom is 0.346 e. The zero-order valence-corrected chi connectivity index (χ0v) is 11.5. The molecule has 0 unspecified atom stereocenters. The quantitative estimate of drug-likeness (QED) is 0.605. The lowest BCUT2D eigenvalue weighted by molar-refractivity contribution is -0.422. The van der Waals surface area contributed by atoms with E-state index in [1.54, 1.807) is 0 Å². The fourth-order valence-electron chi connectivity index (χ4n) is 1.89. The van der Waals surface area contributed by atoms with Gasteiger partial charge in [-0.15, -0.1) is 0 Å². The summed E-state index contributed by atoms with van der Waals surface area (Å²) in [5.41, 5.74) is -0.712. The number of rotatable bonds is 5. The number of nitrogens with zero attached hydrogens (tertiary/aromatic N) is 4. The molecule has 0 bridgehead atoms. The molecule has 0 aliphatic heterocycles. The van der Waals surface area contributed by atoms with Gasteiger partial charge < -0.3 is 9.47 Å². The average molecular weight is 306 g/mol. The molecule has 0 saturated heterocycles. The molecule has 0 spiro atoms. The highest BCUT2D eigenvalue weighted by Gasteiger charge is 2.26. The van der Waals surface area contributed by atoms with Gasteiger partial charge in [-0.25, -0.2) is 9.97 Å². The van der Waals surface area contributed by atoms with Crippen molar-refractivity contribution in [1.29, 1.82) is 0 Å². The molecular formula is C12H10N4O6. The molecule has 0 amide bonds. The molecule has 0 saturated carbocycles. The van der Waals surface area contributed by atoms with E-state index in [0.29, 0.717) is 0 Å². The largest absolute Gasteiger partial charge is 0.480 e. The number of methoxy groups -OCH3 is 2. The number of hydrogen-bond acceptors (Lipinski definition) is 8. The molecule has 10 heteroatoms. The smallest absolute Gasteiger partial charge is 0.346 e. The van der Waals surface area contributed by atoms with E-state index in [0.717, 1.165) is 12.1 Å². The molecule has 114 valence electrons. The molecule has 0 aliphatic rings. The molecule has 2 rings (SSSR count). The van der Waals surface area contributed by atoms with Crippen LogP contribution in [0.4, 0.5) is 11.4 Å². The first-order valence-electron chi connectivity index (χ1n) is 5.85. The summed E-state index contributed by atoms with van der Waals surface area (Å²) in [5.74, 6) is 0.269. The van der Waals surface area contributed by atoms with Crippen LogP contribution >= 0.6 is 0 Å². The minimum atomic E-state index is -0.829. The minimum absolute atomic E-state index is 0.134. The normalized spacial score (nSPS) is 10.1. The molecule has 0 N–H and O–H groups in total. The predicted molar refractivity (Wildman–Crippen MR) is 73.9 cm³/mol. The van der Waals surface area contributed by atoms with Gasteiger partial charge in [0.05, 0.1) is 24.1 Å². The van der Waals surface area contributed by atoms with Crippen LogP contribution in [0.5, 0.6) is 11.8 Å². The van der Waals surface area contributed by atoms with E-state index in [1.807, 2.05) is 0 Å². The van der Waals surface area contributed by atoms with Gasteiger partial charge in [-0.1, -0.05) is 0 Å². The van der Waals surface area contributed by atoms with Crippen LogP contribution in [0.1, 0.15) is 0 Å². The van der Waals surface area contributed by atoms with Gasteiger partial charge in [0.25, 0.3) is 0 Å².